The molecule has 1 aromatic heterocycles. The van der Waals surface area contributed by atoms with Crippen LogP contribution in [0.3, 0.4) is 0 Å². The van der Waals surface area contributed by atoms with Crippen LogP contribution in [0.1, 0.15) is 48.3 Å². The van der Waals surface area contributed by atoms with Gasteiger partial charge in [0, 0.05) is 18.5 Å². The molecule has 1 amide bonds. The van der Waals surface area contributed by atoms with Gasteiger partial charge in [0.05, 0.1) is 22.9 Å². The van der Waals surface area contributed by atoms with E-state index in [0.717, 1.165) is 29.4 Å². The Morgan fingerprint density at radius 1 is 1.20 bits per heavy atom. The molecule has 0 bridgehead atoms. The summed E-state index contributed by atoms with van der Waals surface area (Å²) in [5, 5.41) is 11.3. The molecule has 0 spiro atoms. The second-order valence-corrected chi connectivity index (χ2v) is 7.68. The van der Waals surface area contributed by atoms with Crippen molar-refractivity contribution in [3.8, 4) is 0 Å². The average molecular weight is 340 g/mol. The van der Waals surface area contributed by atoms with Gasteiger partial charge in [0.25, 0.3) is 5.91 Å². The van der Waals surface area contributed by atoms with Crippen molar-refractivity contribution >= 4 is 16.8 Å². The van der Waals surface area contributed by atoms with Gasteiger partial charge in [-0.3, -0.25) is 9.78 Å². The fourth-order valence-electron chi connectivity index (χ4n) is 3.77. The molecule has 0 saturated carbocycles. The van der Waals surface area contributed by atoms with Gasteiger partial charge in [-0.1, -0.05) is 25.5 Å². The number of hydrogen-bond donors (Lipinski definition) is 1. The summed E-state index contributed by atoms with van der Waals surface area (Å²) in [7, 11) is 0. The topological polar surface area (TPSA) is 53.4 Å². The molecule has 1 saturated heterocycles. The van der Waals surface area contributed by atoms with Gasteiger partial charge in [0.15, 0.2) is 0 Å². The average Bonchev–Trinajstić information content (AvgIpc) is 2.60. The summed E-state index contributed by atoms with van der Waals surface area (Å²) < 4.78 is 0. The molecule has 1 N–H and O–H groups in total. The van der Waals surface area contributed by atoms with Crippen LogP contribution in [0.4, 0.5) is 0 Å². The van der Waals surface area contributed by atoms with Crippen LogP contribution in [0.5, 0.6) is 0 Å². The molecular formula is C21H28N2O2. The van der Waals surface area contributed by atoms with Crippen LogP contribution < -0.4 is 0 Å². The zero-order valence-corrected chi connectivity index (χ0v) is 15.6. The second kappa shape index (κ2) is 7.12. The van der Waals surface area contributed by atoms with Crippen molar-refractivity contribution in [1.82, 2.24) is 9.88 Å². The highest BCUT2D eigenvalue weighted by Crippen LogP contribution is 2.26. The fourth-order valence-corrected chi connectivity index (χ4v) is 3.77. The number of aliphatic hydroxyl groups excluding tert-OH is 1. The van der Waals surface area contributed by atoms with Gasteiger partial charge in [-0.15, -0.1) is 0 Å². The number of aryl methyl sites for hydroxylation is 2. The van der Waals surface area contributed by atoms with E-state index in [0.29, 0.717) is 24.6 Å². The first-order chi connectivity index (χ1) is 11.9. The number of likely N-dealkylation sites (tertiary alicyclic amines) is 1. The molecule has 1 aliphatic rings. The minimum Gasteiger partial charge on any atom is -0.393 e. The predicted octanol–water partition coefficient (Wildman–Crippen LogP) is 3.72. The Kier molecular flexibility index (Phi) is 5.09. The molecule has 1 aliphatic heterocycles. The Morgan fingerprint density at radius 2 is 1.88 bits per heavy atom. The van der Waals surface area contributed by atoms with E-state index in [4.69, 9.17) is 0 Å². The fraction of sp³-hybridized carbons (Fsp3) is 0.524. The summed E-state index contributed by atoms with van der Waals surface area (Å²) in [4.78, 5) is 19.5. The molecule has 2 aromatic rings. The molecule has 134 valence electrons. The number of rotatable bonds is 3. The first kappa shape index (κ1) is 17.9. The smallest absolute Gasteiger partial charge is 0.255 e. The van der Waals surface area contributed by atoms with Gasteiger partial charge in [0.2, 0.25) is 0 Å². The first-order valence-electron chi connectivity index (χ1n) is 9.22. The Balaban J connectivity index is 1.78. The van der Waals surface area contributed by atoms with E-state index < -0.39 is 0 Å². The summed E-state index contributed by atoms with van der Waals surface area (Å²) in [5.74, 6) is 0.621. The van der Waals surface area contributed by atoms with Crippen molar-refractivity contribution in [3.63, 3.8) is 0 Å². The molecule has 1 atom stereocenters. The lowest BCUT2D eigenvalue weighted by atomic mass is 9.85. The summed E-state index contributed by atoms with van der Waals surface area (Å²) in [6, 6.07) is 8.09. The summed E-state index contributed by atoms with van der Waals surface area (Å²) in [6.45, 7) is 9.47. The largest absolute Gasteiger partial charge is 0.393 e. The Hall–Kier alpha value is -1.94. The summed E-state index contributed by atoms with van der Waals surface area (Å²) in [5.41, 5.74) is 3.57. The highest BCUT2D eigenvalue weighted by molar-refractivity contribution is 5.98. The SMILES string of the molecule is Cc1ccc2nc(C)c(C(=O)N3CCC(C(O)C(C)C)CC3)cc2c1. The van der Waals surface area contributed by atoms with Crippen LogP contribution in [0.15, 0.2) is 24.3 Å². The van der Waals surface area contributed by atoms with Crippen LogP contribution in [0, 0.1) is 25.7 Å². The number of amides is 1. The van der Waals surface area contributed by atoms with E-state index in [1.807, 2.05) is 50.8 Å². The number of aromatic nitrogens is 1. The molecule has 0 aliphatic carbocycles. The normalized spacial score (nSPS) is 17.3. The lowest BCUT2D eigenvalue weighted by molar-refractivity contribution is 0.0261. The lowest BCUT2D eigenvalue weighted by Crippen LogP contribution is -2.42. The number of hydrogen-bond acceptors (Lipinski definition) is 3. The molecule has 4 heteroatoms. The third-order valence-electron chi connectivity index (χ3n) is 5.38. The second-order valence-electron chi connectivity index (χ2n) is 7.68. The van der Waals surface area contributed by atoms with Crippen molar-refractivity contribution in [2.45, 2.75) is 46.6 Å². The molecule has 0 radical (unpaired) electrons. The molecule has 1 unspecified atom stereocenters. The molecule has 3 rings (SSSR count). The van der Waals surface area contributed by atoms with Crippen LogP contribution in [0.2, 0.25) is 0 Å². The Morgan fingerprint density at radius 3 is 2.52 bits per heavy atom. The van der Waals surface area contributed by atoms with Gasteiger partial charge >= 0.3 is 0 Å². The maximum absolute atomic E-state index is 13.0. The molecule has 25 heavy (non-hydrogen) atoms. The monoisotopic (exact) mass is 340 g/mol. The number of aliphatic hydroxyl groups is 1. The lowest BCUT2D eigenvalue weighted by Gasteiger charge is -2.35. The van der Waals surface area contributed by atoms with Gasteiger partial charge in [0.1, 0.15) is 0 Å². The van der Waals surface area contributed by atoms with Crippen LogP contribution in [0.25, 0.3) is 10.9 Å². The maximum atomic E-state index is 13.0. The number of piperidine rings is 1. The van der Waals surface area contributed by atoms with E-state index in [-0.39, 0.29) is 17.9 Å². The van der Waals surface area contributed by atoms with Crippen molar-refractivity contribution < 1.29 is 9.90 Å². The predicted molar refractivity (Wildman–Crippen MR) is 101 cm³/mol. The van der Waals surface area contributed by atoms with Crippen molar-refractivity contribution in [2.24, 2.45) is 11.8 Å². The Labute approximate surface area is 149 Å². The molecule has 4 nitrogen and oxygen atoms in total. The van der Waals surface area contributed by atoms with Crippen molar-refractivity contribution in [3.05, 3.63) is 41.1 Å². The number of pyridine rings is 1. The first-order valence-corrected chi connectivity index (χ1v) is 9.22. The minimum atomic E-state index is -0.274. The van der Waals surface area contributed by atoms with Gasteiger partial charge < -0.3 is 10.0 Å². The molecular weight excluding hydrogens is 312 g/mol. The van der Waals surface area contributed by atoms with E-state index in [1.54, 1.807) is 0 Å². The maximum Gasteiger partial charge on any atom is 0.255 e. The Bertz CT molecular complexity index is 777. The quantitative estimate of drug-likeness (QED) is 0.926. The van der Waals surface area contributed by atoms with E-state index in [1.165, 1.54) is 5.56 Å². The van der Waals surface area contributed by atoms with Gasteiger partial charge in [-0.2, -0.15) is 0 Å². The third kappa shape index (κ3) is 3.69. The standard InChI is InChI=1S/C21H28N2O2/c1-13(2)20(24)16-7-9-23(10-8-16)21(25)18-12-17-11-14(3)5-6-19(17)22-15(18)4/h5-6,11-13,16,20,24H,7-10H2,1-4H3. The van der Waals surface area contributed by atoms with E-state index >= 15 is 0 Å². The highest BCUT2D eigenvalue weighted by atomic mass is 16.3. The van der Waals surface area contributed by atoms with Crippen LogP contribution >= 0.6 is 0 Å². The number of benzene rings is 1. The van der Waals surface area contributed by atoms with Crippen LogP contribution in [-0.2, 0) is 0 Å². The molecule has 1 fully saturated rings. The summed E-state index contributed by atoms with van der Waals surface area (Å²) >= 11 is 0. The number of nitrogens with zero attached hydrogens (tertiary/aromatic N) is 2. The van der Waals surface area contributed by atoms with Gasteiger partial charge in [-0.05, 0) is 56.7 Å². The number of fused-ring (bicyclic) bond motifs is 1. The summed E-state index contributed by atoms with van der Waals surface area (Å²) in [6.07, 6.45) is 1.46. The van der Waals surface area contributed by atoms with Crippen LogP contribution in [-0.4, -0.2) is 40.1 Å². The van der Waals surface area contributed by atoms with Crippen molar-refractivity contribution in [2.75, 3.05) is 13.1 Å². The number of carbonyl (C=O) groups is 1. The minimum absolute atomic E-state index is 0.0610. The van der Waals surface area contributed by atoms with Crippen molar-refractivity contribution in [1.29, 1.82) is 0 Å². The van der Waals surface area contributed by atoms with E-state index in [2.05, 4.69) is 11.1 Å². The molecule has 1 aromatic carbocycles. The van der Waals surface area contributed by atoms with Gasteiger partial charge in [-0.25, -0.2) is 0 Å². The van der Waals surface area contributed by atoms with E-state index in [9.17, 15) is 9.90 Å². The molecule has 2 heterocycles. The highest BCUT2D eigenvalue weighted by Gasteiger charge is 2.29. The number of carbonyl (C=O) groups excluding carboxylic acids is 1. The zero-order chi connectivity index (χ0) is 18.1. The third-order valence-corrected chi connectivity index (χ3v) is 5.38. The zero-order valence-electron chi connectivity index (χ0n) is 15.6.